The van der Waals surface area contributed by atoms with Crippen LogP contribution in [0.3, 0.4) is 0 Å². The van der Waals surface area contributed by atoms with E-state index >= 15 is 0 Å². The molecule has 9 heteroatoms. The van der Waals surface area contributed by atoms with E-state index in [4.69, 9.17) is 28.9 Å². The number of carboxylic acids is 1. The van der Waals surface area contributed by atoms with E-state index in [-0.39, 0.29) is 10.2 Å². The molecule has 0 aromatic heterocycles. The van der Waals surface area contributed by atoms with Crippen molar-refractivity contribution in [3.63, 3.8) is 0 Å². The molecule has 1 amide bonds. The molecule has 0 saturated carbocycles. The van der Waals surface area contributed by atoms with Gasteiger partial charge in [0.2, 0.25) is 0 Å². The molecule has 0 atom stereocenters. The van der Waals surface area contributed by atoms with Crippen LogP contribution in [0, 0.1) is 0 Å². The Morgan fingerprint density at radius 3 is 1.98 bits per heavy atom. The molecule has 3 rings (SSSR count). The number of hydrogen-bond acceptors (Lipinski definition) is 6. The van der Waals surface area contributed by atoms with E-state index in [1.54, 1.807) is 17.8 Å². The zero-order valence-electron chi connectivity index (χ0n) is 24.4. The summed E-state index contributed by atoms with van der Waals surface area (Å²) < 4.78 is 0.279. The average Bonchev–Trinajstić information content (AvgIpc) is 3.42. The fourth-order valence-corrected chi connectivity index (χ4v) is 7.61. The van der Waals surface area contributed by atoms with Crippen LogP contribution in [0.5, 0.6) is 0 Å². The highest BCUT2D eigenvalue weighted by Crippen LogP contribution is 2.47. The van der Waals surface area contributed by atoms with Crippen molar-refractivity contribution >= 4 is 69.2 Å². The molecule has 41 heavy (non-hydrogen) atoms. The summed E-state index contributed by atoms with van der Waals surface area (Å²) in [5.41, 5.74) is 1.10. The van der Waals surface area contributed by atoms with E-state index in [0.717, 1.165) is 45.2 Å². The third-order valence-electron chi connectivity index (χ3n) is 7.47. The maximum atomic E-state index is 12.7. The van der Waals surface area contributed by atoms with Crippen LogP contribution in [0.2, 0.25) is 5.02 Å². The fraction of sp³-hybridized carbons (Fsp3) is 0.594. The van der Waals surface area contributed by atoms with Gasteiger partial charge in [0.25, 0.3) is 5.91 Å². The zero-order chi connectivity index (χ0) is 29.5. The van der Waals surface area contributed by atoms with E-state index < -0.39 is 12.5 Å². The molecule has 2 aliphatic heterocycles. The Kier molecular flexibility index (Phi) is 15.7. The Morgan fingerprint density at radius 2 is 1.41 bits per heavy atom. The molecule has 1 fully saturated rings. The molecule has 2 aliphatic rings. The molecule has 0 aliphatic carbocycles. The number of aliphatic carboxylic acids is 1. The number of amides is 1. The van der Waals surface area contributed by atoms with Crippen LogP contribution in [-0.2, 0) is 9.59 Å². The molecule has 2 heterocycles. The summed E-state index contributed by atoms with van der Waals surface area (Å²) in [6.07, 6.45) is 25.2. The van der Waals surface area contributed by atoms with E-state index in [2.05, 4.69) is 11.8 Å². The van der Waals surface area contributed by atoms with Crippen molar-refractivity contribution in [2.24, 2.45) is 0 Å². The normalized spacial score (nSPS) is 16.9. The largest absolute Gasteiger partial charge is 0.480 e. The highest BCUT2D eigenvalue weighted by Gasteiger charge is 2.33. The van der Waals surface area contributed by atoms with Crippen molar-refractivity contribution in [3.8, 4) is 0 Å². The predicted molar refractivity (Wildman–Crippen MR) is 180 cm³/mol. The fourth-order valence-electron chi connectivity index (χ4n) is 5.18. The maximum absolute atomic E-state index is 12.7. The Balaban J connectivity index is 1.38. The predicted octanol–water partition coefficient (Wildman–Crippen LogP) is 10.2. The van der Waals surface area contributed by atoms with Crippen molar-refractivity contribution in [1.82, 2.24) is 4.90 Å². The standard InChI is InChI=1S/C32H45ClN2O3S3/c1-2-3-4-5-6-7-8-9-10-11-12-13-14-15-16-17-22-34-26-23-25(33)18-19-27(26)40-29(34)21-20-28-31(38)35(24-30(36)37)32(39)41-28/h18-21,23H,2-17,22,24H2,1H3,(H,36,37). The van der Waals surface area contributed by atoms with Gasteiger partial charge in [-0.1, -0.05) is 151 Å². The van der Waals surface area contributed by atoms with Crippen molar-refractivity contribution in [2.45, 2.75) is 115 Å². The molecule has 1 N–H and O–H groups in total. The summed E-state index contributed by atoms with van der Waals surface area (Å²) >= 11 is 14.4. The highest BCUT2D eigenvalue weighted by molar-refractivity contribution is 8.26. The average molecular weight is 637 g/mol. The molecule has 1 aromatic carbocycles. The van der Waals surface area contributed by atoms with Crippen molar-refractivity contribution in [1.29, 1.82) is 0 Å². The third kappa shape index (κ3) is 11.6. The highest BCUT2D eigenvalue weighted by atomic mass is 35.5. The summed E-state index contributed by atoms with van der Waals surface area (Å²) in [7, 11) is 0. The number of carboxylic acid groups (broad SMARTS) is 1. The van der Waals surface area contributed by atoms with Crippen LogP contribution < -0.4 is 4.90 Å². The number of benzene rings is 1. The lowest BCUT2D eigenvalue weighted by molar-refractivity contribution is -0.140. The van der Waals surface area contributed by atoms with E-state index in [0.29, 0.717) is 9.93 Å². The zero-order valence-corrected chi connectivity index (χ0v) is 27.6. The lowest BCUT2D eigenvalue weighted by Crippen LogP contribution is -2.33. The Hall–Kier alpha value is -1.48. The first-order valence-electron chi connectivity index (χ1n) is 15.3. The maximum Gasteiger partial charge on any atom is 0.323 e. The lowest BCUT2D eigenvalue weighted by atomic mass is 10.0. The summed E-state index contributed by atoms with van der Waals surface area (Å²) in [6, 6.07) is 5.94. The Morgan fingerprint density at radius 1 is 0.854 bits per heavy atom. The van der Waals surface area contributed by atoms with Crippen LogP contribution in [0.25, 0.3) is 0 Å². The van der Waals surface area contributed by atoms with E-state index in [1.165, 1.54) is 96.3 Å². The molecular weight excluding hydrogens is 592 g/mol. The summed E-state index contributed by atoms with van der Waals surface area (Å²) in [5.74, 6) is -1.43. The molecule has 0 bridgehead atoms. The molecule has 0 unspecified atom stereocenters. The smallest absolute Gasteiger partial charge is 0.323 e. The number of halogens is 1. The third-order valence-corrected chi connectivity index (χ3v) is 10.2. The van der Waals surface area contributed by atoms with Gasteiger partial charge in [-0.2, -0.15) is 0 Å². The molecule has 226 valence electrons. The number of unbranched alkanes of at least 4 members (excludes halogenated alkanes) is 15. The van der Waals surface area contributed by atoms with E-state index in [1.807, 2.05) is 24.3 Å². The van der Waals surface area contributed by atoms with Gasteiger partial charge in [-0.15, -0.1) is 0 Å². The number of fused-ring (bicyclic) bond motifs is 1. The summed E-state index contributed by atoms with van der Waals surface area (Å²) in [6.45, 7) is 2.75. The van der Waals surface area contributed by atoms with Crippen molar-refractivity contribution < 1.29 is 14.7 Å². The van der Waals surface area contributed by atoms with Crippen LogP contribution in [0.4, 0.5) is 5.69 Å². The number of carbonyl (C=O) groups excluding carboxylic acids is 1. The van der Waals surface area contributed by atoms with Gasteiger partial charge < -0.3 is 10.0 Å². The van der Waals surface area contributed by atoms with Gasteiger partial charge in [0, 0.05) is 16.5 Å². The number of rotatable bonds is 20. The Bertz CT molecular complexity index is 1090. The topological polar surface area (TPSA) is 60.9 Å². The first kappa shape index (κ1) is 34.0. The lowest BCUT2D eigenvalue weighted by Gasteiger charge is -2.20. The molecular formula is C32H45ClN2O3S3. The number of thioether (sulfide) groups is 2. The molecule has 1 aromatic rings. The van der Waals surface area contributed by atoms with Crippen LogP contribution in [-0.4, -0.2) is 39.3 Å². The molecule has 5 nitrogen and oxygen atoms in total. The van der Waals surface area contributed by atoms with Crippen molar-refractivity contribution in [2.75, 3.05) is 18.0 Å². The first-order valence-corrected chi connectivity index (χ1v) is 17.7. The first-order chi connectivity index (χ1) is 19.9. The quantitative estimate of drug-likeness (QED) is 0.0868. The minimum absolute atomic E-state index is 0.279. The number of allylic oxidation sites excluding steroid dienone is 2. The van der Waals surface area contributed by atoms with E-state index in [9.17, 15) is 9.59 Å². The van der Waals surface area contributed by atoms with Gasteiger partial charge in [-0.3, -0.25) is 14.5 Å². The van der Waals surface area contributed by atoms with Crippen molar-refractivity contribution in [3.05, 3.63) is 45.3 Å². The summed E-state index contributed by atoms with van der Waals surface area (Å²) in [5, 5.41) is 10.8. The summed E-state index contributed by atoms with van der Waals surface area (Å²) in [4.78, 5) is 28.8. The second-order valence-corrected chi connectivity index (χ2v) is 14.0. The van der Waals surface area contributed by atoms with Gasteiger partial charge in [0.1, 0.15) is 10.9 Å². The van der Waals surface area contributed by atoms with Gasteiger partial charge in [0.15, 0.2) is 0 Å². The number of nitrogens with zero attached hydrogens (tertiary/aromatic N) is 2. The minimum atomic E-state index is -1.08. The molecule has 0 radical (unpaired) electrons. The SMILES string of the molecule is CCCCCCCCCCCCCCCCCCN1C(=CC=C2SC(=S)N(CC(=O)O)C2=O)Sc2ccc(Cl)cc21. The van der Waals surface area contributed by atoms with Crippen LogP contribution in [0.15, 0.2) is 45.2 Å². The molecule has 1 saturated heterocycles. The number of thiocarbonyl (C=S) groups is 1. The van der Waals surface area contributed by atoms with Crippen LogP contribution >= 0.6 is 47.3 Å². The van der Waals surface area contributed by atoms with Gasteiger partial charge in [0.05, 0.1) is 15.6 Å². The second-order valence-electron chi connectivity index (χ2n) is 10.9. The van der Waals surface area contributed by atoms with Gasteiger partial charge in [-0.25, -0.2) is 0 Å². The van der Waals surface area contributed by atoms with Crippen LogP contribution in [0.1, 0.15) is 110 Å². The van der Waals surface area contributed by atoms with Gasteiger partial charge >= 0.3 is 5.97 Å². The second kappa shape index (κ2) is 18.9. The Labute approximate surface area is 265 Å². The number of carbonyl (C=O) groups is 2. The monoisotopic (exact) mass is 636 g/mol. The number of anilines is 1. The van der Waals surface area contributed by atoms with Gasteiger partial charge in [-0.05, 0) is 36.8 Å². The molecule has 0 spiro atoms. The number of hydrogen-bond donors (Lipinski definition) is 1. The minimum Gasteiger partial charge on any atom is -0.480 e.